The van der Waals surface area contributed by atoms with E-state index in [2.05, 4.69) is 9.97 Å². The summed E-state index contributed by atoms with van der Waals surface area (Å²) in [5.74, 6) is 0.611. The molecule has 0 aromatic carbocycles. The Morgan fingerprint density at radius 3 is 2.60 bits per heavy atom. The van der Waals surface area contributed by atoms with E-state index >= 15 is 0 Å². The number of methoxy groups -OCH3 is 1. The van der Waals surface area contributed by atoms with Crippen LogP contribution in [0.25, 0.3) is 0 Å². The molecule has 0 aliphatic carbocycles. The van der Waals surface area contributed by atoms with Crippen molar-refractivity contribution in [2.24, 2.45) is 0 Å². The molecule has 1 heterocycles. The van der Waals surface area contributed by atoms with Crippen molar-refractivity contribution < 1.29 is 4.74 Å². The van der Waals surface area contributed by atoms with Crippen LogP contribution in [-0.4, -0.2) is 17.1 Å². The minimum absolute atomic E-state index is 0.611. The molecule has 0 radical (unpaired) electrons. The van der Waals surface area contributed by atoms with Crippen molar-refractivity contribution in [1.82, 2.24) is 9.97 Å². The summed E-state index contributed by atoms with van der Waals surface area (Å²) in [6.07, 6.45) is 1.72. The van der Waals surface area contributed by atoms with Crippen LogP contribution in [0.4, 0.5) is 0 Å². The number of rotatable bonds is 1. The average Bonchev–Trinajstić information content (AvgIpc) is 1.94. The number of hydrogen-bond acceptors (Lipinski definition) is 3. The van der Waals surface area contributed by atoms with E-state index in [1.165, 1.54) is 0 Å². The molecule has 0 N–H and O–H groups in total. The molecule has 3 nitrogen and oxygen atoms in total. The predicted molar refractivity (Wildman–Crippen MR) is 38.1 cm³/mol. The van der Waals surface area contributed by atoms with Crippen LogP contribution in [0.1, 0.15) is 11.4 Å². The summed E-state index contributed by atoms with van der Waals surface area (Å²) >= 11 is 0. The molecule has 0 bridgehead atoms. The highest BCUT2D eigenvalue weighted by molar-refractivity contribution is 5.17. The first kappa shape index (κ1) is 6.99. The molecule has 0 unspecified atom stereocenters. The minimum Gasteiger partial charge on any atom is -0.480 e. The van der Waals surface area contributed by atoms with Crippen molar-refractivity contribution in [3.8, 4) is 5.88 Å². The first-order valence-electron chi connectivity index (χ1n) is 3.08. The lowest BCUT2D eigenvalue weighted by Gasteiger charge is -2.01. The molecular formula is C7H10N2O. The fraction of sp³-hybridized carbons (Fsp3) is 0.429. The molecule has 0 amide bonds. The van der Waals surface area contributed by atoms with Gasteiger partial charge in [-0.1, -0.05) is 0 Å². The lowest BCUT2D eigenvalue weighted by Crippen LogP contribution is -1.95. The maximum Gasteiger partial charge on any atom is 0.235 e. The molecule has 0 saturated heterocycles. The van der Waals surface area contributed by atoms with Crippen molar-refractivity contribution in [1.29, 1.82) is 0 Å². The van der Waals surface area contributed by atoms with E-state index in [9.17, 15) is 0 Å². The van der Waals surface area contributed by atoms with Gasteiger partial charge in [0.15, 0.2) is 0 Å². The smallest absolute Gasteiger partial charge is 0.235 e. The van der Waals surface area contributed by atoms with Gasteiger partial charge in [-0.15, -0.1) is 0 Å². The monoisotopic (exact) mass is 138 g/mol. The molecule has 0 spiro atoms. The molecule has 1 aromatic rings. The second kappa shape index (κ2) is 2.64. The molecule has 3 heteroatoms. The summed E-state index contributed by atoms with van der Waals surface area (Å²) in [5, 5.41) is 0. The highest BCUT2D eigenvalue weighted by Crippen LogP contribution is 2.09. The molecule has 54 valence electrons. The van der Waals surface area contributed by atoms with Gasteiger partial charge < -0.3 is 4.74 Å². The summed E-state index contributed by atoms with van der Waals surface area (Å²) in [4.78, 5) is 8.17. The molecule has 0 saturated carbocycles. The number of ether oxygens (including phenoxy) is 1. The molecule has 1 rings (SSSR count). The minimum atomic E-state index is 0.611. The summed E-state index contributed by atoms with van der Waals surface area (Å²) < 4.78 is 4.95. The Morgan fingerprint density at radius 1 is 1.40 bits per heavy atom. The Labute approximate surface area is 60.1 Å². The molecule has 10 heavy (non-hydrogen) atoms. The van der Waals surface area contributed by atoms with E-state index in [4.69, 9.17) is 4.74 Å². The Kier molecular flexibility index (Phi) is 1.85. The molecule has 0 aliphatic rings. The quantitative estimate of drug-likeness (QED) is 0.583. The lowest BCUT2D eigenvalue weighted by molar-refractivity contribution is 0.390. The molecule has 0 atom stereocenters. The number of nitrogens with zero attached hydrogens (tertiary/aromatic N) is 2. The van der Waals surface area contributed by atoms with Gasteiger partial charge >= 0.3 is 0 Å². The number of aryl methyl sites for hydroxylation is 2. The van der Waals surface area contributed by atoms with Gasteiger partial charge in [0, 0.05) is 6.20 Å². The van der Waals surface area contributed by atoms with Crippen LogP contribution in [0, 0.1) is 13.8 Å². The number of hydrogen-bond donors (Lipinski definition) is 0. The number of aromatic nitrogens is 2. The second-order valence-electron chi connectivity index (χ2n) is 2.11. The fourth-order valence-corrected chi connectivity index (χ4v) is 0.709. The largest absolute Gasteiger partial charge is 0.480 e. The first-order valence-corrected chi connectivity index (χ1v) is 3.08. The highest BCUT2D eigenvalue weighted by atomic mass is 16.5. The van der Waals surface area contributed by atoms with Crippen LogP contribution in [0.5, 0.6) is 5.88 Å². The van der Waals surface area contributed by atoms with Crippen molar-refractivity contribution in [3.05, 3.63) is 17.6 Å². The molecule has 1 aromatic heterocycles. The Balaban J connectivity index is 3.09. The van der Waals surface area contributed by atoms with Crippen LogP contribution in [0.3, 0.4) is 0 Å². The van der Waals surface area contributed by atoms with E-state index in [0.717, 1.165) is 11.4 Å². The summed E-state index contributed by atoms with van der Waals surface area (Å²) in [7, 11) is 1.59. The molecule has 0 aliphatic heterocycles. The van der Waals surface area contributed by atoms with Gasteiger partial charge in [-0.25, -0.2) is 4.98 Å². The van der Waals surface area contributed by atoms with Crippen molar-refractivity contribution >= 4 is 0 Å². The van der Waals surface area contributed by atoms with E-state index in [0.29, 0.717) is 5.88 Å². The van der Waals surface area contributed by atoms with E-state index in [1.807, 2.05) is 13.8 Å². The highest BCUT2D eigenvalue weighted by Gasteiger charge is 1.98. The van der Waals surface area contributed by atoms with Gasteiger partial charge in [0.2, 0.25) is 5.88 Å². The Bertz CT molecular complexity index is 235. The summed E-state index contributed by atoms with van der Waals surface area (Å²) in [5.41, 5.74) is 1.70. The SMILES string of the molecule is COc1nc(C)cnc1C. The lowest BCUT2D eigenvalue weighted by atomic mass is 10.4. The van der Waals surface area contributed by atoms with Gasteiger partial charge in [-0.3, -0.25) is 4.98 Å². The second-order valence-corrected chi connectivity index (χ2v) is 2.11. The third-order valence-electron chi connectivity index (χ3n) is 1.23. The van der Waals surface area contributed by atoms with Crippen LogP contribution in [0.2, 0.25) is 0 Å². The maximum absolute atomic E-state index is 4.95. The molecular weight excluding hydrogens is 128 g/mol. The summed E-state index contributed by atoms with van der Waals surface area (Å²) in [6, 6.07) is 0. The van der Waals surface area contributed by atoms with Gasteiger partial charge in [0.05, 0.1) is 18.5 Å². The van der Waals surface area contributed by atoms with Crippen LogP contribution in [-0.2, 0) is 0 Å². The van der Waals surface area contributed by atoms with Gasteiger partial charge in [0.1, 0.15) is 0 Å². The van der Waals surface area contributed by atoms with E-state index in [1.54, 1.807) is 13.3 Å². The van der Waals surface area contributed by atoms with Gasteiger partial charge in [-0.05, 0) is 13.8 Å². The van der Waals surface area contributed by atoms with E-state index in [-0.39, 0.29) is 0 Å². The van der Waals surface area contributed by atoms with Gasteiger partial charge in [0.25, 0.3) is 0 Å². The Hall–Kier alpha value is -1.12. The third-order valence-corrected chi connectivity index (χ3v) is 1.23. The topological polar surface area (TPSA) is 35.0 Å². The van der Waals surface area contributed by atoms with Crippen molar-refractivity contribution in [2.45, 2.75) is 13.8 Å². The fourth-order valence-electron chi connectivity index (χ4n) is 0.709. The third kappa shape index (κ3) is 1.23. The first-order chi connectivity index (χ1) is 4.74. The van der Waals surface area contributed by atoms with Crippen LogP contribution in [0.15, 0.2) is 6.20 Å². The Morgan fingerprint density at radius 2 is 2.10 bits per heavy atom. The van der Waals surface area contributed by atoms with Crippen LogP contribution < -0.4 is 4.74 Å². The van der Waals surface area contributed by atoms with E-state index < -0.39 is 0 Å². The van der Waals surface area contributed by atoms with Crippen molar-refractivity contribution in [2.75, 3.05) is 7.11 Å². The van der Waals surface area contributed by atoms with Crippen LogP contribution >= 0.6 is 0 Å². The molecule has 0 fully saturated rings. The van der Waals surface area contributed by atoms with Gasteiger partial charge in [-0.2, -0.15) is 0 Å². The zero-order chi connectivity index (χ0) is 7.56. The summed E-state index contributed by atoms with van der Waals surface area (Å²) in [6.45, 7) is 3.75. The average molecular weight is 138 g/mol. The maximum atomic E-state index is 4.95. The standard InChI is InChI=1S/C7H10N2O/c1-5-4-8-6(2)7(9-5)10-3/h4H,1-3H3. The zero-order valence-electron chi connectivity index (χ0n) is 6.38. The normalized spacial score (nSPS) is 9.50. The van der Waals surface area contributed by atoms with Crippen molar-refractivity contribution in [3.63, 3.8) is 0 Å². The zero-order valence-corrected chi connectivity index (χ0v) is 6.38. The predicted octanol–water partition coefficient (Wildman–Crippen LogP) is 1.10.